The van der Waals surface area contributed by atoms with Crippen LogP contribution in [0.1, 0.15) is 17.5 Å². The summed E-state index contributed by atoms with van der Waals surface area (Å²) in [6, 6.07) is 13.8. The van der Waals surface area contributed by atoms with E-state index in [-0.39, 0.29) is 23.4 Å². The van der Waals surface area contributed by atoms with Crippen LogP contribution in [0.25, 0.3) is 0 Å². The third kappa shape index (κ3) is 3.72. The molecule has 1 atom stereocenters. The van der Waals surface area contributed by atoms with Crippen molar-refractivity contribution in [2.45, 2.75) is 24.8 Å². The number of amides is 1. The first kappa shape index (κ1) is 16.0. The van der Waals surface area contributed by atoms with Crippen molar-refractivity contribution in [1.29, 1.82) is 0 Å². The van der Waals surface area contributed by atoms with Crippen molar-refractivity contribution in [3.05, 3.63) is 71.3 Å². The molecule has 0 saturated carbocycles. The van der Waals surface area contributed by atoms with Gasteiger partial charge in [-0.3, -0.25) is 4.79 Å². The van der Waals surface area contributed by atoms with Gasteiger partial charge in [0.2, 0.25) is 5.91 Å². The quantitative estimate of drug-likeness (QED) is 0.824. The van der Waals surface area contributed by atoms with Gasteiger partial charge in [0, 0.05) is 5.56 Å². The van der Waals surface area contributed by atoms with Gasteiger partial charge >= 0.3 is 0 Å². The molecule has 0 bridgehead atoms. The first-order valence-electron chi connectivity index (χ1n) is 7.53. The Morgan fingerprint density at radius 1 is 1.04 bits per heavy atom. The molecular formula is C18H17F2NOS. The molecule has 1 saturated heterocycles. The van der Waals surface area contributed by atoms with E-state index in [0.29, 0.717) is 5.75 Å². The minimum absolute atomic E-state index is 0.0101. The zero-order chi connectivity index (χ0) is 16.2. The van der Waals surface area contributed by atoms with Crippen molar-refractivity contribution in [3.63, 3.8) is 0 Å². The summed E-state index contributed by atoms with van der Waals surface area (Å²) in [6.07, 6.45) is 1.61. The van der Waals surface area contributed by atoms with Crippen molar-refractivity contribution in [2.24, 2.45) is 0 Å². The summed E-state index contributed by atoms with van der Waals surface area (Å²) in [7, 11) is 0. The fraction of sp³-hybridized carbons (Fsp3) is 0.278. The van der Waals surface area contributed by atoms with E-state index in [1.54, 1.807) is 16.7 Å². The Labute approximate surface area is 138 Å². The second kappa shape index (κ2) is 7.13. The van der Waals surface area contributed by atoms with E-state index < -0.39 is 11.6 Å². The van der Waals surface area contributed by atoms with Crippen LogP contribution in [0.2, 0.25) is 0 Å². The standard InChI is InChI=1S/C18H17F2NOS/c19-15-7-4-8-16(20)14(15)11-21-17(22)12-23-18(21)10-9-13-5-2-1-3-6-13/h1-8,18H,9-12H2. The fourth-order valence-corrected chi connectivity index (χ4v) is 3.88. The molecule has 0 spiro atoms. The number of rotatable bonds is 5. The number of thioether (sulfide) groups is 1. The van der Waals surface area contributed by atoms with Crippen molar-refractivity contribution >= 4 is 17.7 Å². The number of carbonyl (C=O) groups excluding carboxylic acids is 1. The molecule has 2 aromatic carbocycles. The molecule has 5 heteroatoms. The van der Waals surface area contributed by atoms with Crippen molar-refractivity contribution in [1.82, 2.24) is 4.90 Å². The third-order valence-corrected chi connectivity index (χ3v) is 5.27. The van der Waals surface area contributed by atoms with Gasteiger partial charge in [-0.25, -0.2) is 8.78 Å². The van der Waals surface area contributed by atoms with Crippen LogP contribution in [0.3, 0.4) is 0 Å². The molecule has 0 aliphatic carbocycles. The molecule has 1 amide bonds. The van der Waals surface area contributed by atoms with Crippen LogP contribution >= 0.6 is 11.8 Å². The van der Waals surface area contributed by atoms with Gasteiger partial charge in [-0.05, 0) is 30.5 Å². The van der Waals surface area contributed by atoms with E-state index in [9.17, 15) is 13.6 Å². The highest BCUT2D eigenvalue weighted by Gasteiger charge is 2.32. The summed E-state index contributed by atoms with van der Waals surface area (Å²) in [5, 5.41) is -0.0401. The third-order valence-electron chi connectivity index (χ3n) is 3.98. The zero-order valence-electron chi connectivity index (χ0n) is 12.5. The second-order valence-electron chi connectivity index (χ2n) is 5.51. The minimum atomic E-state index is -0.600. The number of nitrogens with zero attached hydrogens (tertiary/aromatic N) is 1. The molecule has 1 aliphatic rings. The Balaban J connectivity index is 1.70. The lowest BCUT2D eigenvalue weighted by Gasteiger charge is -2.24. The summed E-state index contributed by atoms with van der Waals surface area (Å²) in [5.74, 6) is -0.890. The fourth-order valence-electron chi connectivity index (χ4n) is 2.72. The van der Waals surface area contributed by atoms with Gasteiger partial charge in [-0.15, -0.1) is 11.8 Å². The Hall–Kier alpha value is -1.88. The van der Waals surface area contributed by atoms with E-state index in [1.165, 1.54) is 23.8 Å². The van der Waals surface area contributed by atoms with Crippen molar-refractivity contribution in [3.8, 4) is 0 Å². The molecule has 3 rings (SSSR count). The van der Waals surface area contributed by atoms with Gasteiger partial charge in [-0.2, -0.15) is 0 Å². The summed E-state index contributed by atoms with van der Waals surface area (Å²) in [4.78, 5) is 13.7. The smallest absolute Gasteiger partial charge is 0.233 e. The summed E-state index contributed by atoms with van der Waals surface area (Å²) >= 11 is 1.54. The monoisotopic (exact) mass is 333 g/mol. The highest BCUT2D eigenvalue weighted by molar-refractivity contribution is 8.00. The SMILES string of the molecule is O=C1CSC(CCc2ccccc2)N1Cc1c(F)cccc1F. The van der Waals surface area contributed by atoms with Crippen LogP contribution in [-0.4, -0.2) is 21.9 Å². The van der Waals surface area contributed by atoms with Gasteiger partial charge in [0.25, 0.3) is 0 Å². The Bertz CT molecular complexity index is 672. The summed E-state index contributed by atoms with van der Waals surface area (Å²) in [5.41, 5.74) is 1.16. The molecule has 1 unspecified atom stereocenters. The average Bonchev–Trinajstić information content (AvgIpc) is 2.90. The van der Waals surface area contributed by atoms with Gasteiger partial charge in [0.05, 0.1) is 17.7 Å². The number of carbonyl (C=O) groups is 1. The molecule has 2 nitrogen and oxygen atoms in total. The number of halogens is 2. The molecule has 23 heavy (non-hydrogen) atoms. The first-order valence-corrected chi connectivity index (χ1v) is 8.58. The minimum Gasteiger partial charge on any atom is -0.325 e. The van der Waals surface area contributed by atoms with Crippen LogP contribution in [-0.2, 0) is 17.8 Å². The van der Waals surface area contributed by atoms with E-state index in [1.807, 2.05) is 30.3 Å². The predicted octanol–water partition coefficient (Wildman–Crippen LogP) is 4.00. The van der Waals surface area contributed by atoms with Crippen LogP contribution in [0, 0.1) is 11.6 Å². The molecule has 0 N–H and O–H groups in total. The first-order chi connectivity index (χ1) is 11.1. The highest BCUT2D eigenvalue weighted by Crippen LogP contribution is 2.31. The van der Waals surface area contributed by atoms with Crippen molar-refractivity contribution in [2.75, 3.05) is 5.75 Å². The molecule has 120 valence electrons. The van der Waals surface area contributed by atoms with Crippen LogP contribution < -0.4 is 0 Å². The number of aryl methyl sites for hydroxylation is 1. The molecule has 1 aliphatic heterocycles. The molecular weight excluding hydrogens is 316 g/mol. The molecule has 0 radical (unpaired) electrons. The number of benzene rings is 2. The summed E-state index contributed by atoms with van der Waals surface area (Å²) in [6.45, 7) is -0.0101. The van der Waals surface area contributed by atoms with Gasteiger partial charge in [0.1, 0.15) is 11.6 Å². The Morgan fingerprint density at radius 2 is 1.74 bits per heavy atom. The lowest BCUT2D eigenvalue weighted by Crippen LogP contribution is -2.33. The van der Waals surface area contributed by atoms with E-state index in [0.717, 1.165) is 12.8 Å². The summed E-state index contributed by atoms with van der Waals surface area (Å²) < 4.78 is 27.6. The number of hydrogen-bond donors (Lipinski definition) is 0. The van der Waals surface area contributed by atoms with Crippen molar-refractivity contribution < 1.29 is 13.6 Å². The van der Waals surface area contributed by atoms with Gasteiger partial charge < -0.3 is 4.90 Å². The molecule has 2 aromatic rings. The lowest BCUT2D eigenvalue weighted by molar-refractivity contribution is -0.128. The van der Waals surface area contributed by atoms with Gasteiger partial charge in [0.15, 0.2) is 0 Å². The lowest BCUT2D eigenvalue weighted by atomic mass is 10.1. The topological polar surface area (TPSA) is 20.3 Å². The largest absolute Gasteiger partial charge is 0.325 e. The van der Waals surface area contributed by atoms with E-state index in [4.69, 9.17) is 0 Å². The Morgan fingerprint density at radius 3 is 2.43 bits per heavy atom. The molecule has 1 fully saturated rings. The molecule has 1 heterocycles. The average molecular weight is 333 g/mol. The van der Waals surface area contributed by atoms with Crippen LogP contribution in [0.15, 0.2) is 48.5 Å². The molecule has 0 aromatic heterocycles. The number of hydrogen-bond acceptors (Lipinski definition) is 2. The second-order valence-corrected chi connectivity index (χ2v) is 6.68. The van der Waals surface area contributed by atoms with E-state index >= 15 is 0 Å². The maximum Gasteiger partial charge on any atom is 0.233 e. The normalized spacial score (nSPS) is 17.7. The maximum atomic E-state index is 13.8. The van der Waals surface area contributed by atoms with Gasteiger partial charge in [-0.1, -0.05) is 36.4 Å². The Kier molecular flexibility index (Phi) is 4.96. The zero-order valence-corrected chi connectivity index (χ0v) is 13.4. The van der Waals surface area contributed by atoms with Crippen LogP contribution in [0.4, 0.5) is 8.78 Å². The highest BCUT2D eigenvalue weighted by atomic mass is 32.2. The van der Waals surface area contributed by atoms with Crippen LogP contribution in [0.5, 0.6) is 0 Å². The van der Waals surface area contributed by atoms with E-state index in [2.05, 4.69) is 0 Å². The maximum absolute atomic E-state index is 13.8. The predicted molar refractivity (Wildman–Crippen MR) is 87.9 cm³/mol.